The Bertz CT molecular complexity index is 1490. The lowest BCUT2D eigenvalue weighted by Crippen LogP contribution is -2.33. The summed E-state index contributed by atoms with van der Waals surface area (Å²) >= 11 is 5.80. The molecule has 0 radical (unpaired) electrons. The molecule has 0 aliphatic rings. The lowest BCUT2D eigenvalue weighted by atomic mass is 10.1. The molecule has 0 spiro atoms. The van der Waals surface area contributed by atoms with Crippen LogP contribution in [0.2, 0.25) is 5.02 Å². The Morgan fingerprint density at radius 2 is 1.62 bits per heavy atom. The number of rotatable bonds is 7. The maximum absolute atomic E-state index is 12.9. The van der Waals surface area contributed by atoms with Crippen molar-refractivity contribution in [2.75, 3.05) is 5.32 Å². The molecule has 0 heterocycles. The van der Waals surface area contributed by atoms with Crippen molar-refractivity contribution in [3.05, 3.63) is 97.0 Å². The molecule has 0 unspecified atom stereocenters. The van der Waals surface area contributed by atoms with Gasteiger partial charge in [0, 0.05) is 6.07 Å². The molecule has 0 atom stereocenters. The first-order chi connectivity index (χ1) is 18.3. The van der Waals surface area contributed by atoms with Crippen LogP contribution in [0, 0.1) is 20.2 Å². The fourth-order valence-electron chi connectivity index (χ4n) is 2.97. The van der Waals surface area contributed by atoms with Gasteiger partial charge in [-0.05, 0) is 61.0 Å². The van der Waals surface area contributed by atoms with Crippen LogP contribution in [0.5, 0.6) is 11.5 Å². The Hall–Kier alpha value is -5.05. The summed E-state index contributed by atoms with van der Waals surface area (Å²) in [5.74, 6) is -2.69. The summed E-state index contributed by atoms with van der Waals surface area (Å²) in [5.41, 5.74) is 0.0153. The van der Waals surface area contributed by atoms with Gasteiger partial charge in [-0.2, -0.15) is 18.3 Å². The van der Waals surface area contributed by atoms with E-state index >= 15 is 0 Å². The molecule has 0 saturated heterocycles. The Morgan fingerprint density at radius 3 is 2.21 bits per heavy atom. The van der Waals surface area contributed by atoms with E-state index in [0.29, 0.717) is 11.6 Å². The van der Waals surface area contributed by atoms with E-state index in [2.05, 4.69) is 5.10 Å². The van der Waals surface area contributed by atoms with Crippen molar-refractivity contribution in [3.63, 3.8) is 0 Å². The average molecular weight is 566 g/mol. The van der Waals surface area contributed by atoms with Crippen molar-refractivity contribution in [3.8, 4) is 11.5 Å². The third kappa shape index (κ3) is 7.26. The number of carbonyl (C=O) groups is 2. The monoisotopic (exact) mass is 565 g/mol. The van der Waals surface area contributed by atoms with Crippen LogP contribution in [0.4, 0.5) is 30.2 Å². The van der Waals surface area contributed by atoms with E-state index < -0.39 is 50.5 Å². The molecule has 2 amide bonds. The standard InChI is InChI=1S/C23H15ClF3N5O7/c1-12(29-30-22(34)21(33)28-18-10-14(23(25,26)27)4-8-17(18)24)13-2-6-16(7-3-13)39-20-9-5-15(31(35)36)11-19(20)32(37)38/h2-11H,1H3,(H,28,33)(H,30,34)/b29-12+. The molecule has 3 rings (SSSR count). The molecular formula is C23H15ClF3N5O7. The molecule has 2 N–H and O–H groups in total. The quantitative estimate of drug-likeness (QED) is 0.166. The number of alkyl halides is 3. The predicted octanol–water partition coefficient (Wildman–Crippen LogP) is 5.45. The normalized spacial score (nSPS) is 11.5. The summed E-state index contributed by atoms with van der Waals surface area (Å²) in [6.45, 7) is 1.47. The number of non-ortho nitro benzene ring substituents is 1. The number of anilines is 1. The molecule has 3 aromatic carbocycles. The Morgan fingerprint density at radius 1 is 0.949 bits per heavy atom. The van der Waals surface area contributed by atoms with Crippen LogP contribution in [0.25, 0.3) is 0 Å². The van der Waals surface area contributed by atoms with E-state index in [9.17, 15) is 43.0 Å². The van der Waals surface area contributed by atoms with Gasteiger partial charge < -0.3 is 10.1 Å². The van der Waals surface area contributed by atoms with Crippen molar-refractivity contribution in [1.82, 2.24) is 5.43 Å². The summed E-state index contributed by atoms with van der Waals surface area (Å²) < 4.78 is 44.1. The summed E-state index contributed by atoms with van der Waals surface area (Å²) in [4.78, 5) is 44.7. The molecule has 39 heavy (non-hydrogen) atoms. The number of hydrogen-bond acceptors (Lipinski definition) is 8. The second kappa shape index (κ2) is 11.6. The number of carbonyl (C=O) groups excluding carboxylic acids is 2. The van der Waals surface area contributed by atoms with Gasteiger partial charge in [0.15, 0.2) is 0 Å². The maximum atomic E-state index is 12.9. The fourth-order valence-corrected chi connectivity index (χ4v) is 3.13. The first kappa shape index (κ1) is 28.5. The number of halogens is 4. The van der Waals surface area contributed by atoms with Crippen LogP contribution in [-0.4, -0.2) is 27.4 Å². The molecule has 0 saturated carbocycles. The second-order valence-electron chi connectivity index (χ2n) is 7.58. The molecular weight excluding hydrogens is 551 g/mol. The largest absolute Gasteiger partial charge is 0.450 e. The average Bonchev–Trinajstić information content (AvgIpc) is 2.88. The van der Waals surface area contributed by atoms with E-state index in [-0.39, 0.29) is 22.2 Å². The molecule has 0 fully saturated rings. The van der Waals surface area contributed by atoms with Gasteiger partial charge >= 0.3 is 23.7 Å². The fraction of sp³-hybridized carbons (Fsp3) is 0.0870. The number of benzene rings is 3. The zero-order chi connectivity index (χ0) is 28.9. The van der Waals surface area contributed by atoms with Crippen LogP contribution in [0.15, 0.2) is 65.8 Å². The minimum atomic E-state index is -4.69. The third-order valence-electron chi connectivity index (χ3n) is 4.92. The van der Waals surface area contributed by atoms with Gasteiger partial charge in [0.1, 0.15) is 5.75 Å². The minimum Gasteiger partial charge on any atom is -0.450 e. The van der Waals surface area contributed by atoms with Crippen molar-refractivity contribution < 1.29 is 37.3 Å². The van der Waals surface area contributed by atoms with Crippen molar-refractivity contribution in [1.29, 1.82) is 0 Å². The van der Waals surface area contributed by atoms with Gasteiger partial charge in [-0.15, -0.1) is 0 Å². The second-order valence-corrected chi connectivity index (χ2v) is 7.98. The lowest BCUT2D eigenvalue weighted by Gasteiger charge is -2.11. The SMILES string of the molecule is C/C(=N\NC(=O)C(=O)Nc1cc(C(F)(F)F)ccc1Cl)c1ccc(Oc2ccc([N+](=O)[O-])cc2[N+](=O)[O-])cc1. The van der Waals surface area contributed by atoms with Crippen molar-refractivity contribution in [2.24, 2.45) is 5.10 Å². The Kier molecular flexibility index (Phi) is 8.45. The number of nitro benzene ring substituents is 2. The van der Waals surface area contributed by atoms with Gasteiger partial charge in [0.05, 0.1) is 37.9 Å². The molecule has 3 aromatic rings. The van der Waals surface area contributed by atoms with Crippen molar-refractivity contribution in [2.45, 2.75) is 13.1 Å². The van der Waals surface area contributed by atoms with Crippen LogP contribution >= 0.6 is 11.6 Å². The molecule has 0 aliphatic heterocycles. The van der Waals surface area contributed by atoms with Crippen LogP contribution < -0.4 is 15.5 Å². The molecule has 202 valence electrons. The number of nitrogens with one attached hydrogen (secondary N) is 2. The highest BCUT2D eigenvalue weighted by atomic mass is 35.5. The third-order valence-corrected chi connectivity index (χ3v) is 5.25. The number of nitro groups is 2. The number of amides is 2. The Labute approximate surface area is 221 Å². The molecule has 16 heteroatoms. The molecule has 12 nitrogen and oxygen atoms in total. The number of hydrazone groups is 1. The van der Waals surface area contributed by atoms with E-state index in [4.69, 9.17) is 16.3 Å². The highest BCUT2D eigenvalue weighted by Crippen LogP contribution is 2.35. The Balaban J connectivity index is 1.66. The minimum absolute atomic E-state index is 0.143. The topological polar surface area (TPSA) is 166 Å². The van der Waals surface area contributed by atoms with E-state index in [1.807, 2.05) is 10.7 Å². The van der Waals surface area contributed by atoms with Gasteiger partial charge in [0.2, 0.25) is 5.75 Å². The van der Waals surface area contributed by atoms with Crippen LogP contribution in [-0.2, 0) is 15.8 Å². The maximum Gasteiger partial charge on any atom is 0.416 e. The zero-order valence-corrected chi connectivity index (χ0v) is 20.2. The summed E-state index contributed by atoms with van der Waals surface area (Å²) in [6, 6.07) is 10.9. The van der Waals surface area contributed by atoms with Crippen LogP contribution in [0.3, 0.4) is 0 Å². The summed E-state index contributed by atoms with van der Waals surface area (Å²) in [7, 11) is 0. The van der Waals surface area contributed by atoms with Gasteiger partial charge in [-0.25, -0.2) is 5.43 Å². The first-order valence-corrected chi connectivity index (χ1v) is 10.9. The summed E-state index contributed by atoms with van der Waals surface area (Å²) in [5, 5.41) is 27.6. The number of ether oxygens (including phenoxy) is 1. The predicted molar refractivity (Wildman–Crippen MR) is 132 cm³/mol. The van der Waals surface area contributed by atoms with E-state index in [1.54, 1.807) is 0 Å². The van der Waals surface area contributed by atoms with Crippen molar-refractivity contribution >= 4 is 46.2 Å². The summed E-state index contributed by atoms with van der Waals surface area (Å²) in [6.07, 6.45) is -4.69. The molecule has 0 bridgehead atoms. The molecule has 0 aromatic heterocycles. The van der Waals surface area contributed by atoms with E-state index in [1.165, 1.54) is 31.2 Å². The zero-order valence-electron chi connectivity index (χ0n) is 19.5. The number of hydrogen-bond donors (Lipinski definition) is 2. The highest BCUT2D eigenvalue weighted by molar-refractivity contribution is 6.41. The molecule has 0 aliphatic carbocycles. The lowest BCUT2D eigenvalue weighted by molar-refractivity contribution is -0.394. The van der Waals surface area contributed by atoms with E-state index in [0.717, 1.165) is 30.3 Å². The van der Waals surface area contributed by atoms with Crippen LogP contribution in [0.1, 0.15) is 18.1 Å². The highest BCUT2D eigenvalue weighted by Gasteiger charge is 2.31. The smallest absolute Gasteiger partial charge is 0.416 e. The van der Waals surface area contributed by atoms with Gasteiger partial charge in [0.25, 0.3) is 5.69 Å². The van der Waals surface area contributed by atoms with Gasteiger partial charge in [-0.3, -0.25) is 29.8 Å². The first-order valence-electron chi connectivity index (χ1n) is 10.5. The number of nitrogens with zero attached hydrogens (tertiary/aromatic N) is 3. The van der Waals surface area contributed by atoms with Gasteiger partial charge in [-0.1, -0.05) is 11.6 Å².